The van der Waals surface area contributed by atoms with Crippen LogP contribution in [0.15, 0.2) is 41.3 Å². The van der Waals surface area contributed by atoms with Gasteiger partial charge >= 0.3 is 0 Å². The van der Waals surface area contributed by atoms with Crippen molar-refractivity contribution < 1.29 is 8.42 Å². The van der Waals surface area contributed by atoms with Crippen LogP contribution in [0.5, 0.6) is 0 Å². The Bertz CT molecular complexity index is 804. The van der Waals surface area contributed by atoms with E-state index in [-0.39, 0.29) is 20.6 Å². The van der Waals surface area contributed by atoms with Crippen molar-refractivity contribution in [1.29, 1.82) is 5.26 Å². The Morgan fingerprint density at radius 2 is 1.52 bits per heavy atom. The molecule has 8 heteroatoms. The average Bonchev–Trinajstić information content (AvgIpc) is 2.43. The van der Waals surface area contributed by atoms with Gasteiger partial charge in [0.05, 0.1) is 32.3 Å². The first-order chi connectivity index (χ1) is 9.83. The lowest BCUT2D eigenvalue weighted by Crippen LogP contribution is -2.13. The minimum Gasteiger partial charge on any atom is -0.277 e. The molecule has 0 spiro atoms. The molecule has 0 aromatic heterocycles. The Hall–Kier alpha value is -1.45. The SMILES string of the molecule is N#Cc1ccc(S(=O)(=O)Nc2c(Cl)cc(Cl)cc2Cl)cc1. The highest BCUT2D eigenvalue weighted by Crippen LogP contribution is 2.35. The van der Waals surface area contributed by atoms with Gasteiger partial charge in [0.25, 0.3) is 10.0 Å². The molecule has 0 radical (unpaired) electrons. The summed E-state index contributed by atoms with van der Waals surface area (Å²) in [7, 11) is -3.87. The van der Waals surface area contributed by atoms with Crippen LogP contribution >= 0.6 is 34.8 Å². The maximum absolute atomic E-state index is 12.2. The molecule has 0 bridgehead atoms. The Kier molecular flexibility index (Phi) is 4.64. The maximum Gasteiger partial charge on any atom is 0.261 e. The molecule has 0 unspecified atom stereocenters. The van der Waals surface area contributed by atoms with E-state index in [0.29, 0.717) is 10.6 Å². The molecule has 1 N–H and O–H groups in total. The summed E-state index contributed by atoms with van der Waals surface area (Å²) in [6, 6.07) is 10.1. The van der Waals surface area contributed by atoms with Crippen molar-refractivity contribution in [2.45, 2.75) is 4.90 Å². The van der Waals surface area contributed by atoms with Crippen molar-refractivity contribution in [3.63, 3.8) is 0 Å². The van der Waals surface area contributed by atoms with E-state index in [1.165, 1.54) is 36.4 Å². The minimum absolute atomic E-state index is 0.0106. The quantitative estimate of drug-likeness (QED) is 0.885. The van der Waals surface area contributed by atoms with Crippen LogP contribution in [0.4, 0.5) is 5.69 Å². The second-order valence-corrected chi connectivity index (χ2v) is 6.92. The van der Waals surface area contributed by atoms with E-state index in [1.807, 2.05) is 6.07 Å². The van der Waals surface area contributed by atoms with Crippen LogP contribution < -0.4 is 4.72 Å². The summed E-state index contributed by atoms with van der Waals surface area (Å²) in [6.07, 6.45) is 0. The molecular weight excluding hydrogens is 355 g/mol. The minimum atomic E-state index is -3.87. The topological polar surface area (TPSA) is 70.0 Å². The summed E-state index contributed by atoms with van der Waals surface area (Å²) in [5, 5.41) is 9.18. The average molecular weight is 362 g/mol. The molecule has 0 atom stereocenters. The van der Waals surface area contributed by atoms with Crippen LogP contribution in [-0.4, -0.2) is 8.42 Å². The van der Waals surface area contributed by atoms with Gasteiger partial charge in [-0.3, -0.25) is 4.72 Å². The molecule has 108 valence electrons. The lowest BCUT2D eigenvalue weighted by Gasteiger charge is -2.11. The van der Waals surface area contributed by atoms with Crippen molar-refractivity contribution in [3.05, 3.63) is 57.0 Å². The van der Waals surface area contributed by atoms with E-state index in [2.05, 4.69) is 4.72 Å². The van der Waals surface area contributed by atoms with Gasteiger partial charge in [-0.05, 0) is 36.4 Å². The van der Waals surface area contributed by atoms with Crippen LogP contribution in [0.25, 0.3) is 0 Å². The number of halogens is 3. The van der Waals surface area contributed by atoms with Gasteiger partial charge in [-0.25, -0.2) is 8.42 Å². The number of nitrogens with one attached hydrogen (secondary N) is 1. The third kappa shape index (κ3) is 3.60. The van der Waals surface area contributed by atoms with Gasteiger partial charge in [0, 0.05) is 5.02 Å². The van der Waals surface area contributed by atoms with Crippen LogP contribution in [0.1, 0.15) is 5.56 Å². The van der Waals surface area contributed by atoms with Gasteiger partial charge < -0.3 is 0 Å². The van der Waals surface area contributed by atoms with Crippen molar-refractivity contribution in [1.82, 2.24) is 0 Å². The Morgan fingerprint density at radius 1 is 1.00 bits per heavy atom. The Labute approximate surface area is 136 Å². The summed E-state index contributed by atoms with van der Waals surface area (Å²) in [6.45, 7) is 0. The molecule has 0 aliphatic rings. The van der Waals surface area contributed by atoms with Gasteiger partial charge in [-0.2, -0.15) is 5.26 Å². The van der Waals surface area contributed by atoms with Gasteiger partial charge in [0.2, 0.25) is 0 Å². The van der Waals surface area contributed by atoms with E-state index in [4.69, 9.17) is 40.1 Å². The number of hydrogen-bond acceptors (Lipinski definition) is 3. The number of rotatable bonds is 3. The summed E-state index contributed by atoms with van der Waals surface area (Å²) in [5.41, 5.74) is 0.406. The fourth-order valence-corrected chi connectivity index (χ4v) is 3.67. The molecule has 2 rings (SSSR count). The first kappa shape index (κ1) is 15.9. The molecule has 0 saturated heterocycles. The third-order valence-electron chi connectivity index (χ3n) is 2.54. The molecule has 0 aliphatic heterocycles. The number of nitriles is 1. The highest BCUT2D eigenvalue weighted by Gasteiger charge is 2.18. The van der Waals surface area contributed by atoms with Crippen LogP contribution in [-0.2, 0) is 10.0 Å². The fraction of sp³-hybridized carbons (Fsp3) is 0. The summed E-state index contributed by atoms with van der Waals surface area (Å²) < 4.78 is 26.8. The fourth-order valence-electron chi connectivity index (χ4n) is 1.54. The number of hydrogen-bond donors (Lipinski definition) is 1. The molecule has 2 aromatic rings. The van der Waals surface area contributed by atoms with Gasteiger partial charge in [-0.1, -0.05) is 34.8 Å². The van der Waals surface area contributed by atoms with Crippen molar-refractivity contribution in [2.75, 3.05) is 4.72 Å². The van der Waals surface area contributed by atoms with Gasteiger partial charge in [0.15, 0.2) is 0 Å². The maximum atomic E-state index is 12.2. The highest BCUT2D eigenvalue weighted by molar-refractivity contribution is 7.92. The van der Waals surface area contributed by atoms with Crippen LogP contribution in [0.3, 0.4) is 0 Å². The molecule has 0 fully saturated rings. The summed E-state index contributed by atoms with van der Waals surface area (Å²) >= 11 is 17.6. The van der Waals surface area contributed by atoms with E-state index < -0.39 is 10.0 Å². The monoisotopic (exact) mass is 360 g/mol. The predicted molar refractivity (Wildman–Crippen MR) is 83.4 cm³/mol. The largest absolute Gasteiger partial charge is 0.277 e. The molecule has 21 heavy (non-hydrogen) atoms. The number of benzene rings is 2. The third-order valence-corrected chi connectivity index (χ3v) is 4.72. The molecule has 0 saturated carbocycles. The summed E-state index contributed by atoms with van der Waals surface area (Å²) in [4.78, 5) is -0.0106. The van der Waals surface area contributed by atoms with E-state index >= 15 is 0 Å². The zero-order valence-corrected chi connectivity index (χ0v) is 13.4. The smallest absolute Gasteiger partial charge is 0.261 e. The Balaban J connectivity index is 2.40. The molecule has 2 aromatic carbocycles. The number of anilines is 1. The first-order valence-electron chi connectivity index (χ1n) is 5.51. The standard InChI is InChI=1S/C13H7Cl3N2O2S/c14-9-5-11(15)13(12(16)6-9)18-21(19,20)10-3-1-8(7-17)2-4-10/h1-6,18H. The zero-order valence-electron chi connectivity index (χ0n) is 10.3. The normalized spacial score (nSPS) is 11.0. The highest BCUT2D eigenvalue weighted by atomic mass is 35.5. The first-order valence-corrected chi connectivity index (χ1v) is 8.13. The molecule has 4 nitrogen and oxygen atoms in total. The number of nitrogens with zero attached hydrogens (tertiary/aromatic N) is 1. The molecular formula is C13H7Cl3N2O2S. The van der Waals surface area contributed by atoms with Crippen LogP contribution in [0.2, 0.25) is 15.1 Å². The van der Waals surface area contributed by atoms with E-state index in [0.717, 1.165) is 0 Å². The van der Waals surface area contributed by atoms with Crippen LogP contribution in [0, 0.1) is 11.3 Å². The second-order valence-electron chi connectivity index (χ2n) is 3.99. The summed E-state index contributed by atoms with van der Waals surface area (Å²) in [5.74, 6) is 0. The zero-order chi connectivity index (χ0) is 15.6. The van der Waals surface area contributed by atoms with Crippen molar-refractivity contribution in [2.24, 2.45) is 0 Å². The van der Waals surface area contributed by atoms with Crippen molar-refractivity contribution in [3.8, 4) is 6.07 Å². The lowest BCUT2D eigenvalue weighted by molar-refractivity contribution is 0.601. The van der Waals surface area contributed by atoms with E-state index in [1.54, 1.807) is 0 Å². The van der Waals surface area contributed by atoms with Gasteiger partial charge in [0.1, 0.15) is 0 Å². The van der Waals surface area contributed by atoms with E-state index in [9.17, 15) is 8.42 Å². The van der Waals surface area contributed by atoms with Crippen molar-refractivity contribution >= 4 is 50.5 Å². The molecule has 0 heterocycles. The number of sulfonamides is 1. The predicted octanol–water partition coefficient (Wildman–Crippen LogP) is 4.32. The molecule has 0 amide bonds. The lowest BCUT2D eigenvalue weighted by atomic mass is 10.2. The molecule has 0 aliphatic carbocycles. The van der Waals surface area contributed by atoms with Gasteiger partial charge in [-0.15, -0.1) is 0 Å². The second kappa shape index (κ2) is 6.12. The Morgan fingerprint density at radius 3 is 2.00 bits per heavy atom.